The van der Waals surface area contributed by atoms with E-state index in [1.54, 1.807) is 19.1 Å². The standard InChI is InChI=1S/C12H12N4O4/c1-6-10(9(17)5-13)11-7(15(6)19-2)3-4-8-12(11)14-20-16(8)18/h3-4H,5,13H2,1-2H3. The summed E-state index contributed by atoms with van der Waals surface area (Å²) >= 11 is 0. The molecular formula is C12H12N4O4. The summed E-state index contributed by atoms with van der Waals surface area (Å²) in [5.74, 6) is -0.253. The average Bonchev–Trinajstić information content (AvgIpc) is 2.95. The Hall–Kier alpha value is -2.61. The van der Waals surface area contributed by atoms with Gasteiger partial charge in [-0.25, -0.2) is 0 Å². The molecule has 0 saturated carbocycles. The summed E-state index contributed by atoms with van der Waals surface area (Å²) in [7, 11) is 1.49. The number of Topliss-reactive ketones (excluding diaryl/α,β-unsaturated/α-hetero) is 1. The van der Waals surface area contributed by atoms with Crippen LogP contribution in [0.3, 0.4) is 0 Å². The molecule has 0 unspecified atom stereocenters. The zero-order valence-corrected chi connectivity index (χ0v) is 10.9. The summed E-state index contributed by atoms with van der Waals surface area (Å²) in [5.41, 5.74) is 7.64. The maximum atomic E-state index is 12.1. The minimum atomic E-state index is -0.253. The number of nitrogens with two attached hydrogens (primary N) is 1. The van der Waals surface area contributed by atoms with Crippen molar-refractivity contribution < 1.29 is 19.2 Å². The van der Waals surface area contributed by atoms with Crippen LogP contribution in [0.25, 0.3) is 21.9 Å². The number of carbonyl (C=O) groups is 1. The average molecular weight is 276 g/mol. The molecule has 2 aromatic heterocycles. The van der Waals surface area contributed by atoms with Gasteiger partial charge in [0.25, 0.3) is 5.52 Å². The van der Waals surface area contributed by atoms with E-state index in [-0.39, 0.29) is 17.8 Å². The molecule has 0 saturated heterocycles. The third-order valence-electron chi connectivity index (χ3n) is 3.32. The summed E-state index contributed by atoms with van der Waals surface area (Å²) in [6, 6.07) is 3.24. The van der Waals surface area contributed by atoms with E-state index >= 15 is 0 Å². The lowest BCUT2D eigenvalue weighted by molar-refractivity contribution is -0.782. The van der Waals surface area contributed by atoms with Crippen molar-refractivity contribution in [2.45, 2.75) is 6.92 Å². The van der Waals surface area contributed by atoms with Gasteiger partial charge in [0.2, 0.25) is 5.52 Å². The minimum Gasteiger partial charge on any atom is -0.417 e. The number of fused-ring (bicyclic) bond motifs is 3. The van der Waals surface area contributed by atoms with Crippen LogP contribution in [0.15, 0.2) is 16.8 Å². The van der Waals surface area contributed by atoms with E-state index in [1.807, 2.05) is 0 Å². The van der Waals surface area contributed by atoms with Gasteiger partial charge in [-0.15, -0.1) is 0 Å². The van der Waals surface area contributed by atoms with E-state index in [0.717, 1.165) is 0 Å². The highest BCUT2D eigenvalue weighted by Crippen LogP contribution is 2.30. The van der Waals surface area contributed by atoms with Crippen LogP contribution in [-0.4, -0.2) is 29.3 Å². The fourth-order valence-electron chi connectivity index (χ4n) is 2.49. The summed E-state index contributed by atoms with van der Waals surface area (Å²) < 4.78 is 6.09. The predicted molar refractivity (Wildman–Crippen MR) is 69.1 cm³/mol. The van der Waals surface area contributed by atoms with Gasteiger partial charge < -0.3 is 15.8 Å². The molecule has 0 spiro atoms. The Kier molecular flexibility index (Phi) is 2.61. The van der Waals surface area contributed by atoms with E-state index in [9.17, 15) is 10.0 Å². The van der Waals surface area contributed by atoms with Crippen molar-refractivity contribution in [1.29, 1.82) is 0 Å². The predicted octanol–water partition coefficient (Wildman–Crippen LogP) is -0.0759. The van der Waals surface area contributed by atoms with E-state index < -0.39 is 0 Å². The first-order valence-electron chi connectivity index (χ1n) is 5.91. The van der Waals surface area contributed by atoms with Gasteiger partial charge >= 0.3 is 0 Å². The zero-order valence-electron chi connectivity index (χ0n) is 10.9. The second-order valence-electron chi connectivity index (χ2n) is 4.32. The molecule has 8 nitrogen and oxygen atoms in total. The van der Waals surface area contributed by atoms with Crippen LogP contribution < -0.4 is 15.5 Å². The summed E-state index contributed by atoms with van der Waals surface area (Å²) in [6.07, 6.45) is 0. The molecule has 0 aliphatic heterocycles. The van der Waals surface area contributed by atoms with E-state index in [4.69, 9.17) is 10.6 Å². The Morgan fingerprint density at radius 1 is 1.60 bits per heavy atom. The molecule has 2 heterocycles. The third-order valence-corrected chi connectivity index (χ3v) is 3.32. The minimum absolute atomic E-state index is 0.144. The molecule has 0 atom stereocenters. The lowest BCUT2D eigenvalue weighted by Crippen LogP contribution is -2.22. The number of benzene rings is 1. The first-order valence-corrected chi connectivity index (χ1v) is 5.91. The summed E-state index contributed by atoms with van der Waals surface area (Å²) in [6.45, 7) is 1.60. The van der Waals surface area contributed by atoms with Crippen molar-refractivity contribution in [3.05, 3.63) is 28.6 Å². The molecule has 1 aromatic carbocycles. The van der Waals surface area contributed by atoms with Crippen molar-refractivity contribution in [3.8, 4) is 0 Å². The monoisotopic (exact) mass is 276 g/mol. The number of hydrogen-bond donors (Lipinski definition) is 1. The van der Waals surface area contributed by atoms with Crippen LogP contribution in [0.2, 0.25) is 0 Å². The van der Waals surface area contributed by atoms with Gasteiger partial charge in [-0.2, -0.15) is 4.73 Å². The van der Waals surface area contributed by atoms with E-state index in [1.165, 1.54) is 11.8 Å². The smallest absolute Gasteiger partial charge is 0.258 e. The first-order chi connectivity index (χ1) is 9.60. The highest BCUT2D eigenvalue weighted by atomic mass is 16.8. The van der Waals surface area contributed by atoms with Gasteiger partial charge in [0.1, 0.15) is 7.11 Å². The molecule has 104 valence electrons. The van der Waals surface area contributed by atoms with Crippen LogP contribution in [-0.2, 0) is 0 Å². The molecule has 2 N–H and O–H groups in total. The molecule has 0 bridgehead atoms. The van der Waals surface area contributed by atoms with Crippen LogP contribution in [0, 0.1) is 12.1 Å². The molecule has 20 heavy (non-hydrogen) atoms. The van der Waals surface area contributed by atoms with Crippen molar-refractivity contribution in [1.82, 2.24) is 9.89 Å². The lowest BCUT2D eigenvalue weighted by Gasteiger charge is -2.04. The van der Waals surface area contributed by atoms with Crippen molar-refractivity contribution in [2.24, 2.45) is 5.73 Å². The topological polar surface area (TPSA) is 110 Å². The van der Waals surface area contributed by atoms with Gasteiger partial charge in [-0.3, -0.25) is 9.42 Å². The van der Waals surface area contributed by atoms with Crippen molar-refractivity contribution >= 4 is 27.7 Å². The zero-order chi connectivity index (χ0) is 14.4. The van der Waals surface area contributed by atoms with Crippen LogP contribution >= 0.6 is 0 Å². The lowest BCUT2D eigenvalue weighted by atomic mass is 10.1. The van der Waals surface area contributed by atoms with E-state index in [0.29, 0.717) is 32.6 Å². The summed E-state index contributed by atoms with van der Waals surface area (Å²) in [4.78, 5) is 17.7. The molecular weight excluding hydrogens is 264 g/mol. The number of ketones is 1. The molecule has 3 aromatic rings. The second-order valence-corrected chi connectivity index (χ2v) is 4.32. The molecule has 8 heteroatoms. The van der Waals surface area contributed by atoms with Gasteiger partial charge in [0, 0.05) is 5.16 Å². The second kappa shape index (κ2) is 4.20. The fraction of sp³-hybridized carbons (Fsp3) is 0.250. The quantitative estimate of drug-likeness (QED) is 0.529. The van der Waals surface area contributed by atoms with Crippen LogP contribution in [0.4, 0.5) is 0 Å². The molecule has 3 rings (SSSR count). The fourth-order valence-corrected chi connectivity index (χ4v) is 2.49. The molecule has 0 radical (unpaired) electrons. The Morgan fingerprint density at radius 3 is 3.00 bits per heavy atom. The van der Waals surface area contributed by atoms with Crippen LogP contribution in [0.1, 0.15) is 16.1 Å². The molecule has 0 amide bonds. The number of nitrogens with zero attached hydrogens (tertiary/aromatic N) is 3. The molecule has 0 aliphatic rings. The van der Waals surface area contributed by atoms with Crippen LogP contribution in [0.5, 0.6) is 0 Å². The van der Waals surface area contributed by atoms with Gasteiger partial charge in [0.05, 0.1) is 28.7 Å². The van der Waals surface area contributed by atoms with Gasteiger partial charge in [-0.1, -0.05) is 0 Å². The maximum Gasteiger partial charge on any atom is 0.258 e. The Balaban J connectivity index is 2.55. The highest BCUT2D eigenvalue weighted by molar-refractivity contribution is 6.17. The Bertz CT molecular complexity index is 833. The Morgan fingerprint density at radius 2 is 2.35 bits per heavy atom. The first kappa shape index (κ1) is 12.4. The number of carbonyl (C=O) groups excluding carboxylic acids is 1. The third kappa shape index (κ3) is 1.42. The normalized spacial score (nSPS) is 11.3. The number of hydrogen-bond acceptors (Lipinski definition) is 6. The Labute approximate surface area is 112 Å². The highest BCUT2D eigenvalue weighted by Gasteiger charge is 2.26. The summed E-state index contributed by atoms with van der Waals surface area (Å²) in [5, 5.41) is 15.7. The number of aromatic nitrogens is 3. The number of rotatable bonds is 3. The van der Waals surface area contributed by atoms with Crippen molar-refractivity contribution in [3.63, 3.8) is 0 Å². The largest absolute Gasteiger partial charge is 0.417 e. The molecule has 0 fully saturated rings. The maximum absolute atomic E-state index is 12.1. The van der Waals surface area contributed by atoms with Crippen molar-refractivity contribution in [2.75, 3.05) is 13.7 Å². The van der Waals surface area contributed by atoms with Gasteiger partial charge in [-0.05, 0) is 24.0 Å². The SMILES string of the molecule is COn1c(C)c(C(=O)CN)c2c3no[n+]([O-])c3ccc21. The van der Waals surface area contributed by atoms with Gasteiger partial charge in [0.15, 0.2) is 5.78 Å². The van der Waals surface area contributed by atoms with E-state index in [2.05, 4.69) is 9.79 Å². The molecule has 0 aliphatic carbocycles.